The minimum atomic E-state index is -0.573. The summed E-state index contributed by atoms with van der Waals surface area (Å²) in [6.07, 6.45) is 1.65. The topological polar surface area (TPSA) is 79.9 Å². The maximum Gasteiger partial charge on any atom is 0.318 e. The second-order valence-electron chi connectivity index (χ2n) is 7.29. The molecule has 1 aliphatic heterocycles. The summed E-state index contributed by atoms with van der Waals surface area (Å²) in [5.74, 6) is 1.71. The van der Waals surface area contributed by atoms with Crippen LogP contribution in [0.3, 0.4) is 0 Å². The minimum absolute atomic E-state index is 0.159. The second-order valence-corrected chi connectivity index (χ2v) is 7.29. The lowest BCUT2D eigenvalue weighted by Crippen LogP contribution is -2.51. The van der Waals surface area contributed by atoms with Gasteiger partial charge in [0.15, 0.2) is 11.5 Å². The summed E-state index contributed by atoms with van der Waals surface area (Å²) in [6.45, 7) is 7.61. The zero-order chi connectivity index (χ0) is 20.0. The zero-order valence-corrected chi connectivity index (χ0v) is 16.9. The van der Waals surface area contributed by atoms with E-state index in [-0.39, 0.29) is 11.9 Å². The van der Waals surface area contributed by atoms with Gasteiger partial charge in [-0.3, -0.25) is 4.79 Å². The fraction of sp³-hybridized carbons (Fsp3) is 0.600. The van der Waals surface area contributed by atoms with Crippen molar-refractivity contribution in [3.05, 3.63) is 23.3 Å². The van der Waals surface area contributed by atoms with Crippen LogP contribution in [0.15, 0.2) is 12.1 Å². The molecule has 2 rings (SSSR count). The average molecular weight is 377 g/mol. The molecule has 0 aliphatic carbocycles. The van der Waals surface area contributed by atoms with Crippen molar-refractivity contribution in [2.75, 3.05) is 27.3 Å². The smallest absolute Gasteiger partial charge is 0.318 e. The Morgan fingerprint density at radius 3 is 2.33 bits per heavy atom. The molecule has 2 N–H and O–H groups in total. The molecule has 0 aromatic heterocycles. The van der Waals surface area contributed by atoms with Crippen molar-refractivity contribution in [3.63, 3.8) is 0 Å². The number of carbonyl (C=O) groups is 2. The first kappa shape index (κ1) is 20.9. The quantitative estimate of drug-likeness (QED) is 0.764. The van der Waals surface area contributed by atoms with Crippen molar-refractivity contribution < 1.29 is 19.1 Å². The van der Waals surface area contributed by atoms with Crippen molar-refractivity contribution in [1.29, 1.82) is 0 Å². The van der Waals surface area contributed by atoms with Gasteiger partial charge < -0.3 is 25.0 Å². The molecule has 0 saturated heterocycles. The molecule has 0 bridgehead atoms. The van der Waals surface area contributed by atoms with Gasteiger partial charge in [-0.05, 0) is 48.9 Å². The molecule has 1 atom stereocenters. The Morgan fingerprint density at radius 1 is 1.11 bits per heavy atom. The van der Waals surface area contributed by atoms with Crippen molar-refractivity contribution in [1.82, 2.24) is 15.5 Å². The number of rotatable bonds is 7. The third kappa shape index (κ3) is 5.52. The van der Waals surface area contributed by atoms with Crippen LogP contribution in [0.4, 0.5) is 4.79 Å². The van der Waals surface area contributed by atoms with E-state index in [9.17, 15) is 9.59 Å². The SMILES string of the molecule is COc1cc2c(cc1OC)CN(C(=O)NC(C)C(=O)NCCC(C)C)CC2. The number of methoxy groups -OCH3 is 2. The van der Waals surface area contributed by atoms with Gasteiger partial charge in [0.2, 0.25) is 5.91 Å². The highest BCUT2D eigenvalue weighted by Gasteiger charge is 2.25. The summed E-state index contributed by atoms with van der Waals surface area (Å²) in [7, 11) is 3.21. The van der Waals surface area contributed by atoms with Crippen molar-refractivity contribution in [2.24, 2.45) is 5.92 Å². The van der Waals surface area contributed by atoms with Crippen LogP contribution >= 0.6 is 0 Å². The molecule has 27 heavy (non-hydrogen) atoms. The Morgan fingerprint density at radius 2 is 1.74 bits per heavy atom. The van der Waals surface area contributed by atoms with E-state index in [0.717, 1.165) is 24.0 Å². The lowest BCUT2D eigenvalue weighted by atomic mass is 9.99. The van der Waals surface area contributed by atoms with Crippen LogP contribution in [0.1, 0.15) is 38.3 Å². The molecule has 1 aliphatic rings. The van der Waals surface area contributed by atoms with E-state index in [4.69, 9.17) is 9.47 Å². The molecule has 7 heteroatoms. The lowest BCUT2D eigenvalue weighted by Gasteiger charge is -2.30. The molecular formula is C20H31N3O4. The average Bonchev–Trinajstić information content (AvgIpc) is 2.65. The number of hydrogen-bond acceptors (Lipinski definition) is 4. The van der Waals surface area contributed by atoms with Gasteiger partial charge in [-0.1, -0.05) is 13.8 Å². The number of urea groups is 1. The minimum Gasteiger partial charge on any atom is -0.493 e. The van der Waals surface area contributed by atoms with Crippen LogP contribution in [0.5, 0.6) is 11.5 Å². The van der Waals surface area contributed by atoms with Crippen LogP contribution in [0.25, 0.3) is 0 Å². The van der Waals surface area contributed by atoms with E-state index in [0.29, 0.717) is 37.1 Å². The van der Waals surface area contributed by atoms with E-state index < -0.39 is 6.04 Å². The molecular weight excluding hydrogens is 346 g/mol. The molecule has 150 valence electrons. The monoisotopic (exact) mass is 377 g/mol. The Labute approximate surface area is 161 Å². The van der Waals surface area contributed by atoms with Crippen molar-refractivity contribution in [2.45, 2.75) is 46.2 Å². The fourth-order valence-electron chi connectivity index (χ4n) is 3.04. The summed E-state index contributed by atoms with van der Waals surface area (Å²) in [5, 5.41) is 5.65. The number of hydrogen-bond donors (Lipinski definition) is 2. The van der Waals surface area contributed by atoms with Crippen molar-refractivity contribution >= 4 is 11.9 Å². The Bertz CT molecular complexity index is 675. The highest BCUT2D eigenvalue weighted by Crippen LogP contribution is 2.33. The van der Waals surface area contributed by atoms with Gasteiger partial charge in [-0.25, -0.2) is 4.79 Å². The van der Waals surface area contributed by atoms with Gasteiger partial charge in [0, 0.05) is 19.6 Å². The molecule has 0 saturated carbocycles. The van der Waals surface area contributed by atoms with E-state index in [1.54, 1.807) is 26.0 Å². The molecule has 7 nitrogen and oxygen atoms in total. The third-order valence-electron chi connectivity index (χ3n) is 4.76. The second kappa shape index (κ2) is 9.48. The first-order chi connectivity index (χ1) is 12.8. The number of amides is 3. The third-order valence-corrected chi connectivity index (χ3v) is 4.76. The Balaban J connectivity index is 1.94. The first-order valence-electron chi connectivity index (χ1n) is 9.42. The van der Waals surface area contributed by atoms with Crippen LogP contribution < -0.4 is 20.1 Å². The van der Waals surface area contributed by atoms with E-state index >= 15 is 0 Å². The normalized spacial score (nSPS) is 14.4. The molecule has 1 aromatic carbocycles. The van der Waals surface area contributed by atoms with E-state index in [1.807, 2.05) is 12.1 Å². The first-order valence-corrected chi connectivity index (χ1v) is 9.42. The summed E-state index contributed by atoms with van der Waals surface area (Å²) in [4.78, 5) is 26.4. The van der Waals surface area contributed by atoms with Crippen LogP contribution in [0.2, 0.25) is 0 Å². The maximum atomic E-state index is 12.6. The van der Waals surface area contributed by atoms with E-state index in [2.05, 4.69) is 24.5 Å². The summed E-state index contributed by atoms with van der Waals surface area (Å²) >= 11 is 0. The molecule has 0 radical (unpaired) electrons. The van der Waals surface area contributed by atoms with Gasteiger partial charge in [-0.2, -0.15) is 0 Å². The van der Waals surface area contributed by atoms with Gasteiger partial charge in [0.1, 0.15) is 6.04 Å². The predicted molar refractivity (Wildman–Crippen MR) is 104 cm³/mol. The molecule has 1 unspecified atom stereocenters. The van der Waals surface area contributed by atoms with Gasteiger partial charge in [0.05, 0.1) is 14.2 Å². The molecule has 3 amide bonds. The highest BCUT2D eigenvalue weighted by molar-refractivity contribution is 5.86. The summed E-state index contributed by atoms with van der Waals surface area (Å²) < 4.78 is 10.7. The Kier molecular flexibility index (Phi) is 7.33. The largest absolute Gasteiger partial charge is 0.493 e. The number of fused-ring (bicyclic) bond motifs is 1. The number of nitrogens with one attached hydrogen (secondary N) is 2. The number of benzene rings is 1. The molecule has 0 fully saturated rings. The standard InChI is InChI=1S/C20H31N3O4/c1-13(2)6-8-21-19(24)14(3)22-20(25)23-9-7-15-10-17(26-4)18(27-5)11-16(15)12-23/h10-11,13-14H,6-9,12H2,1-5H3,(H,21,24)(H,22,25). The number of carbonyl (C=O) groups excluding carboxylic acids is 2. The molecule has 0 spiro atoms. The van der Waals surface area contributed by atoms with E-state index in [1.165, 1.54) is 0 Å². The van der Waals surface area contributed by atoms with Gasteiger partial charge in [-0.15, -0.1) is 0 Å². The maximum absolute atomic E-state index is 12.6. The number of ether oxygens (including phenoxy) is 2. The summed E-state index contributed by atoms with van der Waals surface area (Å²) in [5.41, 5.74) is 2.18. The number of nitrogens with zero attached hydrogens (tertiary/aromatic N) is 1. The molecule has 1 aromatic rings. The van der Waals surface area contributed by atoms with Crippen LogP contribution in [0, 0.1) is 5.92 Å². The fourth-order valence-corrected chi connectivity index (χ4v) is 3.04. The predicted octanol–water partition coefficient (Wildman–Crippen LogP) is 2.32. The Hall–Kier alpha value is -2.44. The highest BCUT2D eigenvalue weighted by atomic mass is 16.5. The molecule has 1 heterocycles. The lowest BCUT2D eigenvalue weighted by molar-refractivity contribution is -0.122. The zero-order valence-electron chi connectivity index (χ0n) is 16.9. The van der Waals surface area contributed by atoms with Gasteiger partial charge >= 0.3 is 6.03 Å². The summed E-state index contributed by atoms with van der Waals surface area (Å²) in [6, 6.07) is 3.07. The van der Waals surface area contributed by atoms with Crippen molar-refractivity contribution in [3.8, 4) is 11.5 Å². The van der Waals surface area contributed by atoms with Crippen LogP contribution in [-0.4, -0.2) is 50.2 Å². The van der Waals surface area contributed by atoms with Gasteiger partial charge in [0.25, 0.3) is 0 Å². The van der Waals surface area contributed by atoms with Crippen LogP contribution in [-0.2, 0) is 17.8 Å².